The van der Waals surface area contributed by atoms with E-state index >= 15 is 0 Å². The molecule has 0 aliphatic rings. The molecule has 0 rings (SSSR count). The summed E-state index contributed by atoms with van der Waals surface area (Å²) < 4.78 is 0. The van der Waals surface area contributed by atoms with Crippen LogP contribution in [0, 0.1) is 0 Å². The summed E-state index contributed by atoms with van der Waals surface area (Å²) in [7, 11) is 0. The number of carboxylic acids is 1. The van der Waals surface area contributed by atoms with Crippen LogP contribution in [0.25, 0.3) is 0 Å². The fraction of sp³-hybridized carbons (Fsp3) is 0.600. The zero-order valence-corrected chi connectivity index (χ0v) is 10.2. The van der Waals surface area contributed by atoms with Crippen molar-refractivity contribution >= 4 is 23.7 Å². The van der Waals surface area contributed by atoms with Gasteiger partial charge in [0.1, 0.15) is 12.1 Å². The van der Waals surface area contributed by atoms with Crippen molar-refractivity contribution in [3.05, 3.63) is 0 Å². The third-order valence-electron chi connectivity index (χ3n) is 2.11. The predicted molar refractivity (Wildman–Crippen MR) is 61.3 cm³/mol. The van der Waals surface area contributed by atoms with Crippen molar-refractivity contribution in [2.24, 2.45) is 5.73 Å². The molecule has 8 nitrogen and oxygen atoms in total. The van der Waals surface area contributed by atoms with Gasteiger partial charge in [0.05, 0.1) is 0 Å². The lowest BCUT2D eigenvalue weighted by atomic mass is 10.1. The Hall–Kier alpha value is -2.12. The molecule has 0 heterocycles. The summed E-state index contributed by atoms with van der Waals surface area (Å²) in [6.07, 6.45) is -0.241. The molecule has 0 aliphatic carbocycles. The number of hydrogen-bond donors (Lipinski definition) is 4. The molecule has 0 aromatic heterocycles. The van der Waals surface area contributed by atoms with Crippen molar-refractivity contribution in [2.45, 2.75) is 38.8 Å². The molecule has 0 aromatic rings. The monoisotopic (exact) mass is 259 g/mol. The Kier molecular flexibility index (Phi) is 6.40. The number of hydrogen-bond acceptors (Lipinski definition) is 4. The summed E-state index contributed by atoms with van der Waals surface area (Å²) in [5.74, 6) is -2.95. The van der Waals surface area contributed by atoms with E-state index in [9.17, 15) is 19.2 Å². The Morgan fingerprint density at radius 1 is 1.22 bits per heavy atom. The van der Waals surface area contributed by atoms with E-state index in [0.29, 0.717) is 0 Å². The normalized spacial score (nSPS) is 13.2. The molecule has 18 heavy (non-hydrogen) atoms. The molecule has 3 amide bonds. The number of primary amides is 1. The van der Waals surface area contributed by atoms with Gasteiger partial charge in [0.25, 0.3) is 0 Å². The fourth-order valence-electron chi connectivity index (χ4n) is 1.21. The lowest BCUT2D eigenvalue weighted by Gasteiger charge is -2.17. The number of rotatable bonds is 7. The average Bonchev–Trinajstić information content (AvgIpc) is 2.21. The predicted octanol–water partition coefficient (Wildman–Crippen LogP) is -1.65. The minimum atomic E-state index is -1.26. The van der Waals surface area contributed by atoms with Crippen LogP contribution >= 0.6 is 0 Å². The van der Waals surface area contributed by atoms with Crippen molar-refractivity contribution in [1.29, 1.82) is 0 Å². The first kappa shape index (κ1) is 15.9. The Labute approximate surface area is 104 Å². The van der Waals surface area contributed by atoms with Crippen molar-refractivity contribution < 1.29 is 24.3 Å². The lowest BCUT2D eigenvalue weighted by molar-refractivity contribution is -0.142. The third-order valence-corrected chi connectivity index (χ3v) is 2.11. The second-order valence-corrected chi connectivity index (χ2v) is 3.83. The molecule has 0 aliphatic heterocycles. The molecular formula is C10H17N3O5. The molecule has 0 saturated heterocycles. The first-order valence-electron chi connectivity index (χ1n) is 5.32. The van der Waals surface area contributed by atoms with Crippen LogP contribution in [0.15, 0.2) is 0 Å². The van der Waals surface area contributed by atoms with Crippen LogP contribution in [0.1, 0.15) is 26.7 Å². The molecule has 0 saturated carbocycles. The van der Waals surface area contributed by atoms with Crippen molar-refractivity contribution in [3.63, 3.8) is 0 Å². The molecule has 0 aromatic carbocycles. The minimum absolute atomic E-state index is 0.0940. The maximum atomic E-state index is 11.5. The molecular weight excluding hydrogens is 242 g/mol. The highest BCUT2D eigenvalue weighted by atomic mass is 16.4. The van der Waals surface area contributed by atoms with Gasteiger partial charge in [-0.05, 0) is 13.3 Å². The molecule has 5 N–H and O–H groups in total. The summed E-state index contributed by atoms with van der Waals surface area (Å²) >= 11 is 0. The Morgan fingerprint density at radius 3 is 2.17 bits per heavy atom. The van der Waals surface area contributed by atoms with E-state index in [-0.39, 0.29) is 12.8 Å². The van der Waals surface area contributed by atoms with Crippen LogP contribution in [0.5, 0.6) is 0 Å². The molecule has 0 spiro atoms. The molecule has 0 fully saturated rings. The molecule has 0 radical (unpaired) electrons. The van der Waals surface area contributed by atoms with E-state index < -0.39 is 35.8 Å². The maximum absolute atomic E-state index is 11.5. The summed E-state index contributed by atoms with van der Waals surface area (Å²) in [5, 5.41) is 13.4. The zero-order valence-electron chi connectivity index (χ0n) is 10.2. The van der Waals surface area contributed by atoms with E-state index in [2.05, 4.69) is 10.6 Å². The fourth-order valence-corrected chi connectivity index (χ4v) is 1.21. The number of carboxylic acid groups (broad SMARTS) is 1. The van der Waals surface area contributed by atoms with Gasteiger partial charge in [-0.1, -0.05) is 0 Å². The summed E-state index contributed by atoms with van der Waals surface area (Å²) in [5.41, 5.74) is 4.90. The average molecular weight is 259 g/mol. The van der Waals surface area contributed by atoms with Gasteiger partial charge in [-0.15, -0.1) is 0 Å². The third kappa shape index (κ3) is 6.46. The molecule has 102 valence electrons. The molecule has 0 bridgehead atoms. The van der Waals surface area contributed by atoms with Gasteiger partial charge in [0.2, 0.25) is 17.7 Å². The van der Waals surface area contributed by atoms with Crippen LogP contribution < -0.4 is 16.4 Å². The van der Waals surface area contributed by atoms with Gasteiger partial charge < -0.3 is 21.5 Å². The second-order valence-electron chi connectivity index (χ2n) is 3.83. The first-order chi connectivity index (χ1) is 8.23. The topological polar surface area (TPSA) is 139 Å². The quantitative estimate of drug-likeness (QED) is 0.433. The standard InChI is InChI=1S/C10H17N3O5/c1-5(12-6(2)14)9(16)13-7(10(17)18)3-4-8(11)15/h5,7H,3-4H2,1-2H3,(H2,11,15)(H,12,14)(H,13,16)(H,17,18)/t5-,7+/m1/s1. The van der Waals surface area contributed by atoms with E-state index in [1.807, 2.05) is 0 Å². The SMILES string of the molecule is CC(=O)N[C@H](C)C(=O)N[C@@H](CCC(N)=O)C(=O)O. The summed E-state index contributed by atoms with van der Waals surface area (Å²) in [6, 6.07) is -2.06. The highest BCUT2D eigenvalue weighted by molar-refractivity contribution is 5.89. The van der Waals surface area contributed by atoms with Crippen molar-refractivity contribution in [1.82, 2.24) is 10.6 Å². The van der Waals surface area contributed by atoms with E-state index in [1.54, 1.807) is 0 Å². The van der Waals surface area contributed by atoms with Gasteiger partial charge in [0, 0.05) is 13.3 Å². The van der Waals surface area contributed by atoms with Gasteiger partial charge in [-0.25, -0.2) is 4.79 Å². The van der Waals surface area contributed by atoms with Crippen LogP contribution in [0.3, 0.4) is 0 Å². The van der Waals surface area contributed by atoms with E-state index in [4.69, 9.17) is 10.8 Å². The highest BCUT2D eigenvalue weighted by Gasteiger charge is 2.23. The highest BCUT2D eigenvalue weighted by Crippen LogP contribution is 1.98. The zero-order chi connectivity index (χ0) is 14.3. The summed E-state index contributed by atoms with van der Waals surface area (Å²) in [6.45, 7) is 2.66. The van der Waals surface area contributed by atoms with Crippen LogP contribution in [0.4, 0.5) is 0 Å². The number of carbonyl (C=O) groups excluding carboxylic acids is 3. The maximum Gasteiger partial charge on any atom is 0.326 e. The first-order valence-corrected chi connectivity index (χ1v) is 5.32. The van der Waals surface area contributed by atoms with E-state index in [1.165, 1.54) is 13.8 Å². The molecule has 8 heteroatoms. The number of nitrogens with one attached hydrogen (secondary N) is 2. The van der Waals surface area contributed by atoms with Crippen LogP contribution in [-0.4, -0.2) is 40.9 Å². The molecule has 0 unspecified atom stereocenters. The number of nitrogens with two attached hydrogens (primary N) is 1. The number of amides is 3. The summed E-state index contributed by atoms with van der Waals surface area (Å²) in [4.78, 5) is 43.6. The van der Waals surface area contributed by atoms with Crippen molar-refractivity contribution in [3.8, 4) is 0 Å². The minimum Gasteiger partial charge on any atom is -0.480 e. The van der Waals surface area contributed by atoms with Gasteiger partial charge >= 0.3 is 5.97 Å². The van der Waals surface area contributed by atoms with Gasteiger partial charge in [0.15, 0.2) is 0 Å². The Balaban J connectivity index is 4.40. The van der Waals surface area contributed by atoms with Gasteiger partial charge in [-0.2, -0.15) is 0 Å². The van der Waals surface area contributed by atoms with Crippen molar-refractivity contribution in [2.75, 3.05) is 0 Å². The largest absolute Gasteiger partial charge is 0.480 e. The van der Waals surface area contributed by atoms with Crippen LogP contribution in [0.2, 0.25) is 0 Å². The smallest absolute Gasteiger partial charge is 0.326 e. The Bertz CT molecular complexity index is 355. The Morgan fingerprint density at radius 2 is 1.78 bits per heavy atom. The van der Waals surface area contributed by atoms with Crippen LogP contribution in [-0.2, 0) is 19.2 Å². The van der Waals surface area contributed by atoms with Gasteiger partial charge in [-0.3, -0.25) is 14.4 Å². The number of carbonyl (C=O) groups is 4. The molecule has 2 atom stereocenters. The second kappa shape index (κ2) is 7.25. The lowest BCUT2D eigenvalue weighted by Crippen LogP contribution is -2.50. The van der Waals surface area contributed by atoms with E-state index in [0.717, 1.165) is 0 Å². The number of aliphatic carboxylic acids is 1.